The van der Waals surface area contributed by atoms with Gasteiger partial charge in [-0.05, 0) is 113 Å². The first-order valence-corrected chi connectivity index (χ1v) is 21.3. The largest absolute Gasteiger partial charge is 0.495 e. The molecule has 14 nitrogen and oxygen atoms in total. The Kier molecular flexibility index (Phi) is 11.8. The Morgan fingerprint density at radius 1 is 0.914 bits per heavy atom. The number of benzene rings is 2. The number of carbonyl (C=O) groups excluding carboxylic acids is 4. The second kappa shape index (κ2) is 17.3. The van der Waals surface area contributed by atoms with Crippen LogP contribution < -0.4 is 40.7 Å². The van der Waals surface area contributed by atoms with Crippen molar-refractivity contribution in [1.29, 1.82) is 0 Å². The van der Waals surface area contributed by atoms with E-state index in [1.54, 1.807) is 37.4 Å². The third-order valence-corrected chi connectivity index (χ3v) is 13.2. The van der Waals surface area contributed by atoms with Crippen molar-refractivity contribution in [1.82, 2.24) is 25.9 Å². The molecule has 0 spiro atoms. The summed E-state index contributed by atoms with van der Waals surface area (Å²) in [5, 5.41) is 12.9. The van der Waals surface area contributed by atoms with Crippen LogP contribution in [-0.2, 0) is 14.4 Å². The molecule has 2 aromatic carbocycles. The maximum absolute atomic E-state index is 13.4. The highest BCUT2D eigenvalue weighted by Crippen LogP contribution is 2.40. The number of amides is 4. The Morgan fingerprint density at radius 3 is 2.34 bits per heavy atom. The highest BCUT2D eigenvalue weighted by molar-refractivity contribution is 6.04. The summed E-state index contributed by atoms with van der Waals surface area (Å²) < 4.78 is 5.72. The lowest BCUT2D eigenvalue weighted by molar-refractivity contribution is -0.134. The second-order valence-corrected chi connectivity index (χ2v) is 16.8. The molecule has 8 rings (SSSR count). The first-order chi connectivity index (χ1) is 28.1. The average molecular weight is 792 g/mol. The number of methoxy groups -OCH3 is 1. The fourth-order valence-corrected chi connectivity index (χ4v) is 9.65. The summed E-state index contributed by atoms with van der Waals surface area (Å²) >= 11 is 0. The molecule has 1 unspecified atom stereocenters. The lowest BCUT2D eigenvalue weighted by atomic mass is 9.89. The van der Waals surface area contributed by atoms with Gasteiger partial charge in [0, 0.05) is 55.9 Å². The minimum absolute atomic E-state index is 0.0447. The number of piperidine rings is 2. The molecule has 3 aromatic rings. The van der Waals surface area contributed by atoms with Gasteiger partial charge in [-0.25, -0.2) is 4.98 Å². The molecule has 0 radical (unpaired) electrons. The summed E-state index contributed by atoms with van der Waals surface area (Å²) in [6.45, 7) is 4.97. The fraction of sp³-hybridized carbons (Fsp3) is 0.545. The number of nitrogens with zero attached hydrogens (tertiary/aromatic N) is 5. The van der Waals surface area contributed by atoms with Gasteiger partial charge in [-0.15, -0.1) is 0 Å². The number of rotatable bonds is 11. The number of imide groups is 1. The molecule has 4 amide bonds. The van der Waals surface area contributed by atoms with Crippen LogP contribution in [0.4, 0.5) is 28.8 Å². The highest BCUT2D eigenvalue weighted by Gasteiger charge is 2.40. The van der Waals surface area contributed by atoms with Gasteiger partial charge in [0.1, 0.15) is 17.5 Å². The number of ether oxygens (including phenoxy) is 1. The molecule has 4 heterocycles. The molecule has 2 aliphatic carbocycles. The van der Waals surface area contributed by atoms with Crippen molar-refractivity contribution in [2.24, 2.45) is 5.92 Å². The zero-order chi connectivity index (χ0) is 40.3. The summed E-state index contributed by atoms with van der Waals surface area (Å²) in [5.41, 5.74) is 4.04. The summed E-state index contributed by atoms with van der Waals surface area (Å²) in [4.78, 5) is 66.0. The molecule has 2 saturated carbocycles. The maximum atomic E-state index is 13.4. The van der Waals surface area contributed by atoms with Crippen LogP contribution in [0.1, 0.15) is 106 Å². The van der Waals surface area contributed by atoms with Crippen LogP contribution in [0, 0.1) is 5.92 Å². The van der Waals surface area contributed by atoms with Gasteiger partial charge in [0.25, 0.3) is 5.91 Å². The summed E-state index contributed by atoms with van der Waals surface area (Å²) in [6.07, 6.45) is 13.2. The van der Waals surface area contributed by atoms with E-state index in [0.717, 1.165) is 95.2 Å². The molecule has 308 valence electrons. The number of aromatic nitrogens is 2. The van der Waals surface area contributed by atoms with E-state index in [9.17, 15) is 19.2 Å². The van der Waals surface area contributed by atoms with E-state index in [1.807, 2.05) is 25.1 Å². The Morgan fingerprint density at radius 2 is 1.64 bits per heavy atom. The Hall–Kier alpha value is -5.24. The van der Waals surface area contributed by atoms with Gasteiger partial charge < -0.3 is 35.4 Å². The van der Waals surface area contributed by atoms with E-state index < -0.39 is 0 Å². The molecule has 58 heavy (non-hydrogen) atoms. The van der Waals surface area contributed by atoms with E-state index in [-0.39, 0.29) is 47.7 Å². The van der Waals surface area contributed by atoms with Crippen molar-refractivity contribution in [3.05, 3.63) is 59.8 Å². The Bertz CT molecular complexity index is 1990. The number of nitrogens with one attached hydrogen (secondary N) is 4. The Balaban J connectivity index is 0.786. The van der Waals surface area contributed by atoms with Crippen LogP contribution in [0.2, 0.25) is 0 Å². The fourth-order valence-electron chi connectivity index (χ4n) is 9.65. The summed E-state index contributed by atoms with van der Waals surface area (Å²) in [6, 6.07) is 14.2. The number of carbonyl (C=O) groups is 4. The van der Waals surface area contributed by atoms with Gasteiger partial charge in [-0.1, -0.05) is 25.0 Å². The third-order valence-electron chi connectivity index (χ3n) is 13.2. The van der Waals surface area contributed by atoms with E-state index in [2.05, 4.69) is 48.2 Å². The minimum atomic E-state index is -0.301. The molecule has 14 heteroatoms. The molecule has 4 N–H and O–H groups in total. The van der Waals surface area contributed by atoms with E-state index in [0.29, 0.717) is 53.4 Å². The predicted molar refractivity (Wildman–Crippen MR) is 224 cm³/mol. The van der Waals surface area contributed by atoms with E-state index in [4.69, 9.17) is 9.72 Å². The highest BCUT2D eigenvalue weighted by atomic mass is 16.5. The lowest BCUT2D eigenvalue weighted by Gasteiger charge is -2.42. The quantitative estimate of drug-likeness (QED) is 0.184. The standard InChI is InChI=1S/C44H57N9O5/c1-27-43(57)51(2)37-26-46-44(50-40(37)53(27)34-6-4-5-7-34)48-36-18-10-30(24-38(36)58-3)41(55)47-32-13-11-31(12-14-32)45-25-28-20-22-52(23-21-28)33-15-8-29(9-16-33)35-17-19-39(54)49-42(35)56/h8-10,15-16,18,24,26-28,31-32,34-35,45H,4-7,11-14,17,19-23,25H2,1-3H3,(H,47,55)(H,46,48,50)(H,49,54,56)/t27-,31?,32?,35?/m1/s1. The third kappa shape index (κ3) is 8.48. The molecule has 5 aliphatic rings. The van der Waals surface area contributed by atoms with Gasteiger partial charge in [-0.2, -0.15) is 4.98 Å². The first-order valence-electron chi connectivity index (χ1n) is 21.3. The van der Waals surface area contributed by atoms with Crippen molar-refractivity contribution in [2.45, 2.75) is 114 Å². The molecule has 1 aromatic heterocycles. The number of hydrogen-bond donors (Lipinski definition) is 4. The van der Waals surface area contributed by atoms with Crippen LogP contribution >= 0.6 is 0 Å². The van der Waals surface area contributed by atoms with Gasteiger partial charge in [0.2, 0.25) is 23.7 Å². The van der Waals surface area contributed by atoms with Gasteiger partial charge in [0.15, 0.2) is 5.82 Å². The van der Waals surface area contributed by atoms with Gasteiger partial charge >= 0.3 is 0 Å². The van der Waals surface area contributed by atoms with Crippen LogP contribution in [0.15, 0.2) is 48.7 Å². The van der Waals surface area contributed by atoms with Crippen molar-refractivity contribution in [3.8, 4) is 5.75 Å². The normalized spacial score (nSPS) is 24.4. The van der Waals surface area contributed by atoms with Crippen LogP contribution in [0.3, 0.4) is 0 Å². The van der Waals surface area contributed by atoms with E-state index in [1.165, 1.54) is 5.69 Å². The van der Waals surface area contributed by atoms with Crippen LogP contribution in [0.5, 0.6) is 5.75 Å². The minimum Gasteiger partial charge on any atom is -0.495 e. The smallest absolute Gasteiger partial charge is 0.251 e. The molecular formula is C44H57N9O5. The Labute approximate surface area is 340 Å². The van der Waals surface area contributed by atoms with Gasteiger partial charge in [-0.3, -0.25) is 24.5 Å². The molecule has 2 saturated heterocycles. The number of fused-ring (bicyclic) bond motifs is 1. The van der Waals surface area contributed by atoms with Crippen molar-refractivity contribution >= 4 is 52.5 Å². The van der Waals surface area contributed by atoms with E-state index >= 15 is 0 Å². The predicted octanol–water partition coefficient (Wildman–Crippen LogP) is 5.41. The van der Waals surface area contributed by atoms with Crippen molar-refractivity contribution in [2.75, 3.05) is 53.8 Å². The van der Waals surface area contributed by atoms with Crippen LogP contribution in [-0.4, -0.2) is 91.6 Å². The SMILES string of the molecule is COc1cc(C(=O)NC2CCC(NCC3CCN(c4ccc(C5CCC(=O)NC5=O)cc4)CC3)CC2)ccc1Nc1ncc2c(n1)N(C1CCCC1)[C@H](C)C(=O)N2C. The average Bonchev–Trinajstić information content (AvgIpc) is 3.78. The number of likely N-dealkylation sites (N-methyl/N-ethyl adjacent to an activating group) is 1. The number of anilines is 5. The number of hydrogen-bond acceptors (Lipinski definition) is 11. The lowest BCUT2D eigenvalue weighted by Crippen LogP contribution is -2.54. The second-order valence-electron chi connectivity index (χ2n) is 16.8. The molecule has 0 bridgehead atoms. The monoisotopic (exact) mass is 791 g/mol. The molecular weight excluding hydrogens is 735 g/mol. The van der Waals surface area contributed by atoms with Crippen LogP contribution in [0.25, 0.3) is 0 Å². The first kappa shape index (κ1) is 39.6. The zero-order valence-electron chi connectivity index (χ0n) is 34.0. The van der Waals surface area contributed by atoms with Gasteiger partial charge in [0.05, 0.1) is 24.9 Å². The molecule has 2 atom stereocenters. The molecule has 4 fully saturated rings. The summed E-state index contributed by atoms with van der Waals surface area (Å²) in [7, 11) is 3.36. The zero-order valence-corrected chi connectivity index (χ0v) is 34.0. The summed E-state index contributed by atoms with van der Waals surface area (Å²) in [5.74, 6) is 1.61. The molecule has 3 aliphatic heterocycles. The topological polar surface area (TPSA) is 161 Å². The van der Waals surface area contributed by atoms with Crippen molar-refractivity contribution in [3.63, 3.8) is 0 Å². The maximum Gasteiger partial charge on any atom is 0.251 e. The van der Waals surface area contributed by atoms with Crippen molar-refractivity contribution < 1.29 is 23.9 Å².